The maximum Gasteiger partial charge on any atom is 0.404 e. The molecule has 1 saturated heterocycles. The molecule has 0 atom stereocenters. The summed E-state index contributed by atoms with van der Waals surface area (Å²) >= 11 is 13.3. The molecule has 2 aromatic carbocycles. The Hall–Kier alpha value is -2.80. The van der Waals surface area contributed by atoms with E-state index in [1.165, 1.54) is 0 Å². The smallest absolute Gasteiger partial charge is 0.404 e. The summed E-state index contributed by atoms with van der Waals surface area (Å²) in [5.41, 5.74) is 2.61. The highest BCUT2D eigenvalue weighted by molar-refractivity contribution is 6.46. The van der Waals surface area contributed by atoms with Crippen molar-refractivity contribution in [3.63, 3.8) is 0 Å². The second-order valence-corrected chi connectivity index (χ2v) is 8.85. The molecule has 0 unspecified atom stereocenters. The van der Waals surface area contributed by atoms with Gasteiger partial charge in [0.05, 0.1) is 10.0 Å². The van der Waals surface area contributed by atoms with E-state index in [9.17, 15) is 4.79 Å². The Kier molecular flexibility index (Phi) is 5.67. The van der Waals surface area contributed by atoms with Gasteiger partial charge in [0.25, 0.3) is 0 Å². The zero-order valence-electron chi connectivity index (χ0n) is 17.1. The first-order valence-corrected chi connectivity index (χ1v) is 11.2. The highest BCUT2D eigenvalue weighted by atomic mass is 35.5. The summed E-state index contributed by atoms with van der Waals surface area (Å²) in [7, 11) is 0. The lowest BCUT2D eigenvalue weighted by Gasteiger charge is -2.32. The van der Waals surface area contributed by atoms with Gasteiger partial charge in [-0.15, -0.1) is 0 Å². The number of hydrogen-bond donors (Lipinski definition) is 2. The SMILES string of the molecule is O=C(O)NC1CCN(Cc2cc3c(-c4cc5ccccc5o4)cncc3c(Cl)c2Cl)CC1. The minimum absolute atomic E-state index is 0.00910. The van der Waals surface area contributed by atoms with Gasteiger partial charge in [-0.25, -0.2) is 4.79 Å². The molecule has 32 heavy (non-hydrogen) atoms. The summed E-state index contributed by atoms with van der Waals surface area (Å²) < 4.78 is 6.08. The van der Waals surface area contributed by atoms with Gasteiger partial charge >= 0.3 is 6.09 Å². The Morgan fingerprint density at radius 3 is 2.66 bits per heavy atom. The third kappa shape index (κ3) is 4.01. The van der Waals surface area contributed by atoms with Gasteiger partial charge in [0.15, 0.2) is 0 Å². The maximum atomic E-state index is 10.9. The molecule has 0 radical (unpaired) electrons. The Morgan fingerprint density at radius 1 is 1.12 bits per heavy atom. The molecule has 0 spiro atoms. The zero-order chi connectivity index (χ0) is 22.2. The van der Waals surface area contributed by atoms with Crippen LogP contribution in [0, 0.1) is 0 Å². The van der Waals surface area contributed by atoms with Crippen LogP contribution in [0.25, 0.3) is 33.1 Å². The number of likely N-dealkylation sites (tertiary alicyclic amines) is 1. The van der Waals surface area contributed by atoms with Crippen LogP contribution in [-0.4, -0.2) is 40.2 Å². The number of rotatable bonds is 4. The molecule has 4 aromatic rings. The van der Waals surface area contributed by atoms with Crippen molar-refractivity contribution in [2.45, 2.75) is 25.4 Å². The third-order valence-corrected chi connectivity index (χ3v) is 6.94. The minimum Gasteiger partial charge on any atom is -0.465 e. The average molecular weight is 470 g/mol. The summed E-state index contributed by atoms with van der Waals surface area (Å²) in [5, 5.41) is 15.2. The number of pyridine rings is 1. The summed E-state index contributed by atoms with van der Waals surface area (Å²) in [6, 6.07) is 11.9. The monoisotopic (exact) mass is 469 g/mol. The van der Waals surface area contributed by atoms with E-state index in [-0.39, 0.29) is 6.04 Å². The predicted molar refractivity (Wildman–Crippen MR) is 126 cm³/mol. The number of carboxylic acid groups (broad SMARTS) is 1. The van der Waals surface area contributed by atoms with Crippen LogP contribution in [0.4, 0.5) is 4.79 Å². The van der Waals surface area contributed by atoms with E-state index >= 15 is 0 Å². The molecule has 8 heteroatoms. The number of benzene rings is 2. The van der Waals surface area contributed by atoms with E-state index in [2.05, 4.69) is 21.3 Å². The normalized spacial score (nSPS) is 15.4. The molecular weight excluding hydrogens is 449 g/mol. The largest absolute Gasteiger partial charge is 0.465 e. The van der Waals surface area contributed by atoms with Crippen LogP contribution in [0.2, 0.25) is 10.0 Å². The van der Waals surface area contributed by atoms with E-state index in [1.807, 2.05) is 30.3 Å². The Labute approximate surface area is 194 Å². The molecule has 1 amide bonds. The molecule has 1 aliphatic rings. The second-order valence-electron chi connectivity index (χ2n) is 8.09. The fourth-order valence-electron chi connectivity index (χ4n) is 4.37. The van der Waals surface area contributed by atoms with Crippen molar-refractivity contribution in [2.24, 2.45) is 0 Å². The van der Waals surface area contributed by atoms with E-state index in [0.29, 0.717) is 16.6 Å². The van der Waals surface area contributed by atoms with Crippen molar-refractivity contribution in [3.05, 3.63) is 64.4 Å². The van der Waals surface area contributed by atoms with Crippen LogP contribution in [0.5, 0.6) is 0 Å². The summed E-state index contributed by atoms with van der Waals surface area (Å²) in [4.78, 5) is 17.5. The molecule has 1 fully saturated rings. The van der Waals surface area contributed by atoms with Gasteiger partial charge in [-0.05, 0) is 42.0 Å². The lowest BCUT2D eigenvalue weighted by atomic mass is 10.0. The number of nitrogens with zero attached hydrogens (tertiary/aromatic N) is 2. The molecule has 6 nitrogen and oxygen atoms in total. The summed E-state index contributed by atoms with van der Waals surface area (Å²) in [6.07, 6.45) is 4.07. The van der Waals surface area contributed by atoms with Crippen molar-refractivity contribution in [1.82, 2.24) is 15.2 Å². The van der Waals surface area contributed by atoms with Gasteiger partial charge < -0.3 is 14.8 Å². The summed E-state index contributed by atoms with van der Waals surface area (Å²) in [5.74, 6) is 0.731. The number of amides is 1. The lowest BCUT2D eigenvalue weighted by molar-refractivity contribution is 0.165. The first-order valence-electron chi connectivity index (χ1n) is 10.4. The van der Waals surface area contributed by atoms with E-state index in [4.69, 9.17) is 32.7 Å². The number of para-hydroxylation sites is 1. The number of fused-ring (bicyclic) bond motifs is 2. The van der Waals surface area contributed by atoms with Gasteiger partial charge in [-0.3, -0.25) is 9.88 Å². The van der Waals surface area contributed by atoms with Crippen molar-refractivity contribution < 1.29 is 14.3 Å². The number of carbonyl (C=O) groups is 1. The average Bonchev–Trinajstić information content (AvgIpc) is 3.22. The quantitative estimate of drug-likeness (QED) is 0.372. The standard InChI is InChI=1S/C24H21Cl2N3O3/c25-22-15(13-29-7-5-16(6-8-29)28-24(30)31)9-17-18(11-27-12-19(17)23(22)26)21-10-14-3-1-2-4-20(14)32-21/h1-4,9-12,16,28H,5-8,13H2,(H,30,31). The fourth-order valence-corrected chi connectivity index (χ4v) is 4.86. The van der Waals surface area contributed by atoms with Gasteiger partial charge in [0, 0.05) is 54.4 Å². The molecule has 2 N–H and O–H groups in total. The van der Waals surface area contributed by atoms with E-state index < -0.39 is 6.09 Å². The zero-order valence-corrected chi connectivity index (χ0v) is 18.7. The molecule has 164 valence electrons. The van der Waals surface area contributed by atoms with Crippen LogP contribution < -0.4 is 5.32 Å². The van der Waals surface area contributed by atoms with Gasteiger partial charge in [-0.1, -0.05) is 41.4 Å². The fraction of sp³-hybridized carbons (Fsp3) is 0.250. The number of aromatic nitrogens is 1. The van der Waals surface area contributed by atoms with Crippen LogP contribution >= 0.6 is 23.2 Å². The number of hydrogen-bond acceptors (Lipinski definition) is 4. The van der Waals surface area contributed by atoms with Crippen LogP contribution in [0.3, 0.4) is 0 Å². The molecule has 3 heterocycles. The minimum atomic E-state index is -0.973. The van der Waals surface area contributed by atoms with Gasteiger partial charge in [-0.2, -0.15) is 0 Å². The molecular formula is C24H21Cl2N3O3. The number of piperidine rings is 1. The Bertz CT molecular complexity index is 1280. The number of furan rings is 1. The first-order chi connectivity index (χ1) is 15.5. The predicted octanol–water partition coefficient (Wildman–Crippen LogP) is 6.19. The van der Waals surface area contributed by atoms with Gasteiger partial charge in [0.2, 0.25) is 0 Å². The highest BCUT2D eigenvalue weighted by Gasteiger charge is 2.22. The summed E-state index contributed by atoms with van der Waals surface area (Å²) in [6.45, 7) is 2.20. The van der Waals surface area contributed by atoms with Crippen molar-refractivity contribution in [2.75, 3.05) is 13.1 Å². The van der Waals surface area contributed by atoms with E-state index in [1.54, 1.807) is 12.4 Å². The highest BCUT2D eigenvalue weighted by Crippen LogP contribution is 2.39. The van der Waals surface area contributed by atoms with E-state index in [0.717, 1.165) is 64.6 Å². The molecule has 2 aromatic heterocycles. The van der Waals surface area contributed by atoms with Crippen LogP contribution in [0.15, 0.2) is 53.2 Å². The third-order valence-electron chi connectivity index (χ3n) is 6.02. The van der Waals surface area contributed by atoms with Gasteiger partial charge in [0.1, 0.15) is 11.3 Å². The van der Waals surface area contributed by atoms with Crippen molar-refractivity contribution in [1.29, 1.82) is 0 Å². The number of nitrogens with one attached hydrogen (secondary N) is 1. The molecule has 5 rings (SSSR count). The maximum absolute atomic E-state index is 10.9. The Morgan fingerprint density at radius 2 is 1.91 bits per heavy atom. The molecule has 0 bridgehead atoms. The molecule has 0 saturated carbocycles. The number of halogens is 2. The Balaban J connectivity index is 1.49. The second kappa shape index (κ2) is 8.62. The lowest BCUT2D eigenvalue weighted by Crippen LogP contribution is -2.43. The van der Waals surface area contributed by atoms with Crippen LogP contribution in [0.1, 0.15) is 18.4 Å². The van der Waals surface area contributed by atoms with Crippen molar-refractivity contribution >= 4 is 51.0 Å². The molecule has 1 aliphatic heterocycles. The first kappa shape index (κ1) is 21.1. The topological polar surface area (TPSA) is 78.6 Å². The van der Waals surface area contributed by atoms with Crippen molar-refractivity contribution in [3.8, 4) is 11.3 Å². The van der Waals surface area contributed by atoms with Crippen LogP contribution in [-0.2, 0) is 6.54 Å². The molecule has 0 aliphatic carbocycles.